The second kappa shape index (κ2) is 8.92. The van der Waals surface area contributed by atoms with E-state index >= 15 is 0 Å². The van der Waals surface area contributed by atoms with Gasteiger partial charge in [-0.05, 0) is 64.9 Å². The summed E-state index contributed by atoms with van der Waals surface area (Å²) in [6.07, 6.45) is 1.47. The monoisotopic (exact) mass is 410 g/mol. The third kappa shape index (κ3) is 4.76. The molecule has 0 aliphatic rings. The summed E-state index contributed by atoms with van der Waals surface area (Å²) in [5.41, 5.74) is 3.90. The van der Waals surface area contributed by atoms with Gasteiger partial charge in [0.15, 0.2) is 0 Å². The molecule has 0 heterocycles. The third-order valence-corrected chi connectivity index (χ3v) is 4.59. The van der Waals surface area contributed by atoms with Crippen LogP contribution in [-0.2, 0) is 0 Å². The molecule has 4 rings (SSSR count). The van der Waals surface area contributed by atoms with E-state index in [1.807, 2.05) is 36.4 Å². The number of nitrogens with one attached hydrogen (secondary N) is 1. The highest BCUT2D eigenvalue weighted by molar-refractivity contribution is 6.05. The predicted molar refractivity (Wildman–Crippen MR) is 119 cm³/mol. The highest BCUT2D eigenvalue weighted by Crippen LogP contribution is 2.21. The fourth-order valence-electron chi connectivity index (χ4n) is 3.06. The van der Waals surface area contributed by atoms with Crippen LogP contribution >= 0.6 is 0 Å². The van der Waals surface area contributed by atoms with Crippen molar-refractivity contribution in [1.82, 2.24) is 5.43 Å². The summed E-state index contributed by atoms with van der Waals surface area (Å²) in [5, 5.41) is 15.1. The quantitative estimate of drug-likeness (QED) is 0.219. The maximum absolute atomic E-state index is 12.6. The Balaban J connectivity index is 1.39. The van der Waals surface area contributed by atoms with Gasteiger partial charge >= 0.3 is 5.97 Å². The smallest absolute Gasteiger partial charge is 0.344 e. The van der Waals surface area contributed by atoms with Gasteiger partial charge in [-0.1, -0.05) is 42.5 Å². The molecule has 0 bridgehead atoms. The number of benzene rings is 4. The minimum Gasteiger partial charge on any atom is -0.508 e. The Morgan fingerprint density at radius 2 is 1.61 bits per heavy atom. The van der Waals surface area contributed by atoms with Gasteiger partial charge in [0.2, 0.25) is 0 Å². The van der Waals surface area contributed by atoms with Gasteiger partial charge in [0.25, 0.3) is 5.91 Å². The van der Waals surface area contributed by atoms with E-state index in [1.54, 1.807) is 42.5 Å². The van der Waals surface area contributed by atoms with E-state index in [2.05, 4.69) is 10.5 Å². The number of amides is 1. The van der Waals surface area contributed by atoms with Crippen LogP contribution in [0, 0.1) is 0 Å². The summed E-state index contributed by atoms with van der Waals surface area (Å²) in [7, 11) is 0. The standard InChI is InChI=1S/C25H18N2O4/c28-20-8-3-7-19(15-20)24(29)27-26-16-17-11-13-21(14-12-17)31-25(30)23-10-4-6-18-5-1-2-9-22(18)23/h1-16,28H,(H,27,29)/b26-16-. The Hall–Kier alpha value is -4.45. The zero-order valence-corrected chi connectivity index (χ0v) is 16.4. The van der Waals surface area contributed by atoms with Crippen LogP contribution in [0.25, 0.3) is 10.8 Å². The zero-order chi connectivity index (χ0) is 21.6. The lowest BCUT2D eigenvalue weighted by molar-refractivity contribution is 0.0736. The Labute approximate surface area is 178 Å². The highest BCUT2D eigenvalue weighted by atomic mass is 16.5. The number of fused-ring (bicyclic) bond motifs is 1. The first-order chi connectivity index (χ1) is 15.1. The van der Waals surface area contributed by atoms with Crippen molar-refractivity contribution in [3.8, 4) is 11.5 Å². The molecule has 0 saturated heterocycles. The number of phenols is 1. The maximum atomic E-state index is 12.6. The molecular weight excluding hydrogens is 392 g/mol. The van der Waals surface area contributed by atoms with Gasteiger partial charge in [-0.15, -0.1) is 0 Å². The van der Waals surface area contributed by atoms with E-state index < -0.39 is 11.9 Å². The second-order valence-corrected chi connectivity index (χ2v) is 6.73. The molecule has 31 heavy (non-hydrogen) atoms. The summed E-state index contributed by atoms with van der Waals surface area (Å²) in [6, 6.07) is 25.9. The molecule has 0 aliphatic heterocycles. The number of ether oxygens (including phenoxy) is 1. The highest BCUT2D eigenvalue weighted by Gasteiger charge is 2.12. The van der Waals surface area contributed by atoms with Crippen molar-refractivity contribution in [2.75, 3.05) is 0 Å². The van der Waals surface area contributed by atoms with Crippen LogP contribution in [0.4, 0.5) is 0 Å². The van der Waals surface area contributed by atoms with E-state index in [1.165, 1.54) is 18.3 Å². The average molecular weight is 410 g/mol. The normalized spacial score (nSPS) is 10.8. The first-order valence-corrected chi connectivity index (χ1v) is 9.52. The summed E-state index contributed by atoms with van der Waals surface area (Å²) in [4.78, 5) is 24.6. The van der Waals surface area contributed by atoms with Crippen LogP contribution in [0.2, 0.25) is 0 Å². The molecule has 4 aromatic carbocycles. The van der Waals surface area contributed by atoms with Gasteiger partial charge in [-0.3, -0.25) is 4.79 Å². The Morgan fingerprint density at radius 3 is 2.42 bits per heavy atom. The second-order valence-electron chi connectivity index (χ2n) is 6.73. The van der Waals surface area contributed by atoms with Crippen molar-refractivity contribution in [1.29, 1.82) is 0 Å². The molecule has 2 N–H and O–H groups in total. The topological polar surface area (TPSA) is 88.0 Å². The summed E-state index contributed by atoms with van der Waals surface area (Å²) < 4.78 is 5.50. The number of aromatic hydroxyl groups is 1. The number of carbonyl (C=O) groups is 2. The number of hydrogen-bond acceptors (Lipinski definition) is 5. The van der Waals surface area contributed by atoms with Crippen LogP contribution in [0.3, 0.4) is 0 Å². The Bertz CT molecular complexity index is 1270. The summed E-state index contributed by atoms with van der Waals surface area (Å²) in [5.74, 6) is -0.464. The first kappa shape index (κ1) is 19.8. The van der Waals surface area contributed by atoms with Crippen molar-refractivity contribution in [3.05, 3.63) is 108 Å². The molecular formula is C25H18N2O4. The lowest BCUT2D eigenvalue weighted by Crippen LogP contribution is -2.17. The molecule has 0 saturated carbocycles. The number of carbonyl (C=O) groups excluding carboxylic acids is 2. The van der Waals surface area contributed by atoms with E-state index in [0.717, 1.165) is 10.8 Å². The minimum absolute atomic E-state index is 0.00488. The number of hydrogen-bond donors (Lipinski definition) is 2. The number of phenolic OH excluding ortho intramolecular Hbond substituents is 1. The van der Waals surface area contributed by atoms with Gasteiger partial charge in [0, 0.05) is 5.56 Å². The maximum Gasteiger partial charge on any atom is 0.344 e. The van der Waals surface area contributed by atoms with Crippen LogP contribution in [0.1, 0.15) is 26.3 Å². The molecule has 0 fully saturated rings. The Morgan fingerprint density at radius 1 is 0.871 bits per heavy atom. The van der Waals surface area contributed by atoms with Crippen molar-refractivity contribution >= 4 is 28.9 Å². The van der Waals surface area contributed by atoms with Crippen LogP contribution in [0.15, 0.2) is 96.1 Å². The molecule has 152 valence electrons. The first-order valence-electron chi connectivity index (χ1n) is 9.52. The van der Waals surface area contributed by atoms with E-state index in [0.29, 0.717) is 22.4 Å². The molecule has 0 aliphatic carbocycles. The molecule has 6 heteroatoms. The van der Waals surface area contributed by atoms with Crippen LogP contribution in [-0.4, -0.2) is 23.2 Å². The number of rotatable bonds is 5. The van der Waals surface area contributed by atoms with Crippen molar-refractivity contribution in [2.45, 2.75) is 0 Å². The fourth-order valence-corrected chi connectivity index (χ4v) is 3.06. The SMILES string of the molecule is O=C(N/N=C\c1ccc(OC(=O)c2cccc3ccccc23)cc1)c1cccc(O)c1. The van der Waals surface area contributed by atoms with Gasteiger partial charge in [-0.2, -0.15) is 5.10 Å². The van der Waals surface area contributed by atoms with Crippen LogP contribution in [0.5, 0.6) is 11.5 Å². The molecule has 0 atom stereocenters. The van der Waals surface area contributed by atoms with Gasteiger partial charge in [0.1, 0.15) is 11.5 Å². The summed E-state index contributed by atoms with van der Waals surface area (Å²) >= 11 is 0. The molecule has 0 spiro atoms. The molecule has 6 nitrogen and oxygen atoms in total. The van der Waals surface area contributed by atoms with Crippen LogP contribution < -0.4 is 10.2 Å². The minimum atomic E-state index is -0.437. The number of hydrazone groups is 1. The third-order valence-electron chi connectivity index (χ3n) is 4.59. The van der Waals surface area contributed by atoms with E-state index in [-0.39, 0.29) is 5.75 Å². The molecule has 1 amide bonds. The summed E-state index contributed by atoms with van der Waals surface area (Å²) in [6.45, 7) is 0. The molecule has 0 aromatic heterocycles. The van der Waals surface area contributed by atoms with Crippen molar-refractivity contribution in [3.63, 3.8) is 0 Å². The van der Waals surface area contributed by atoms with E-state index in [9.17, 15) is 14.7 Å². The van der Waals surface area contributed by atoms with Crippen molar-refractivity contribution < 1.29 is 19.4 Å². The lowest BCUT2D eigenvalue weighted by Gasteiger charge is -2.07. The van der Waals surface area contributed by atoms with Gasteiger partial charge in [-0.25, -0.2) is 10.2 Å². The lowest BCUT2D eigenvalue weighted by atomic mass is 10.0. The number of esters is 1. The molecule has 4 aromatic rings. The van der Waals surface area contributed by atoms with Gasteiger partial charge < -0.3 is 9.84 Å². The molecule has 0 radical (unpaired) electrons. The van der Waals surface area contributed by atoms with Crippen molar-refractivity contribution in [2.24, 2.45) is 5.10 Å². The van der Waals surface area contributed by atoms with Gasteiger partial charge in [0.05, 0.1) is 11.8 Å². The fraction of sp³-hybridized carbons (Fsp3) is 0. The predicted octanol–water partition coefficient (Wildman–Crippen LogP) is 4.53. The molecule has 0 unspecified atom stereocenters. The zero-order valence-electron chi connectivity index (χ0n) is 16.4. The number of nitrogens with zero attached hydrogens (tertiary/aromatic N) is 1. The van der Waals surface area contributed by atoms with E-state index in [4.69, 9.17) is 4.74 Å². The average Bonchev–Trinajstić information content (AvgIpc) is 2.79. The Kier molecular flexibility index (Phi) is 5.71. The largest absolute Gasteiger partial charge is 0.508 e.